The molecule has 1 heterocycles. The molecule has 2 atom stereocenters. The topological polar surface area (TPSA) is 54.5 Å². The Morgan fingerprint density at radius 2 is 1.95 bits per heavy atom. The number of benzene rings is 1. The van der Waals surface area contributed by atoms with Crippen molar-refractivity contribution in [2.75, 3.05) is 6.54 Å². The summed E-state index contributed by atoms with van der Waals surface area (Å²) in [5.74, 6) is 0.335. The zero-order chi connectivity index (χ0) is 15.1. The van der Waals surface area contributed by atoms with Crippen LogP contribution in [0.2, 0.25) is 0 Å². The van der Waals surface area contributed by atoms with E-state index in [0.29, 0.717) is 23.6 Å². The second kappa shape index (κ2) is 5.37. The highest BCUT2D eigenvalue weighted by molar-refractivity contribution is 8.13. The fourth-order valence-electron chi connectivity index (χ4n) is 2.76. The second-order valence-electron chi connectivity index (χ2n) is 5.62. The SMILES string of the molecule is Cc1cc(C(=O)N2CC(C)CC2C)cc(S(=O)(=O)Cl)c1. The van der Waals surface area contributed by atoms with Gasteiger partial charge in [-0.2, -0.15) is 0 Å². The molecule has 0 spiro atoms. The molecular weight excluding hydrogens is 298 g/mol. The fraction of sp³-hybridized carbons (Fsp3) is 0.500. The van der Waals surface area contributed by atoms with Gasteiger partial charge in [-0.1, -0.05) is 6.92 Å². The number of carbonyl (C=O) groups is 1. The summed E-state index contributed by atoms with van der Waals surface area (Å²) in [6.07, 6.45) is 0.970. The maximum absolute atomic E-state index is 12.5. The Hall–Kier alpha value is -1.07. The molecule has 110 valence electrons. The summed E-state index contributed by atoms with van der Waals surface area (Å²) in [6.45, 7) is 6.57. The van der Waals surface area contributed by atoms with Crippen molar-refractivity contribution in [1.29, 1.82) is 0 Å². The molecular formula is C14H18ClNO3S. The van der Waals surface area contributed by atoms with Gasteiger partial charge in [-0.3, -0.25) is 4.79 Å². The first-order valence-electron chi connectivity index (χ1n) is 6.56. The standard InChI is InChI=1S/C14H18ClNO3S/c1-9-5-12(7-13(6-9)20(15,18)19)14(17)16-8-10(2)4-11(16)3/h5-7,10-11H,4,8H2,1-3H3. The van der Waals surface area contributed by atoms with Gasteiger partial charge in [0.05, 0.1) is 4.90 Å². The number of carbonyl (C=O) groups excluding carboxylic acids is 1. The monoisotopic (exact) mass is 315 g/mol. The minimum Gasteiger partial charge on any atom is -0.336 e. The van der Waals surface area contributed by atoms with Crippen LogP contribution in [0.3, 0.4) is 0 Å². The molecule has 0 saturated carbocycles. The summed E-state index contributed by atoms with van der Waals surface area (Å²) in [5, 5.41) is 0. The largest absolute Gasteiger partial charge is 0.336 e. The predicted molar refractivity (Wildman–Crippen MR) is 78.5 cm³/mol. The molecule has 2 unspecified atom stereocenters. The molecule has 0 N–H and O–H groups in total. The third kappa shape index (κ3) is 3.15. The van der Waals surface area contributed by atoms with Gasteiger partial charge in [0, 0.05) is 28.8 Å². The maximum Gasteiger partial charge on any atom is 0.261 e. The van der Waals surface area contributed by atoms with Crippen LogP contribution in [-0.2, 0) is 9.05 Å². The number of aryl methyl sites for hydroxylation is 1. The van der Waals surface area contributed by atoms with E-state index in [1.165, 1.54) is 12.1 Å². The summed E-state index contributed by atoms with van der Waals surface area (Å²) >= 11 is 0. The van der Waals surface area contributed by atoms with Crippen LogP contribution in [0.15, 0.2) is 23.1 Å². The molecule has 1 aliphatic rings. The molecule has 0 aliphatic carbocycles. The van der Waals surface area contributed by atoms with Gasteiger partial charge in [0.15, 0.2) is 0 Å². The minimum absolute atomic E-state index is 0.0255. The lowest BCUT2D eigenvalue weighted by Gasteiger charge is -2.22. The zero-order valence-corrected chi connectivity index (χ0v) is 13.3. The van der Waals surface area contributed by atoms with Crippen molar-refractivity contribution < 1.29 is 13.2 Å². The van der Waals surface area contributed by atoms with Gasteiger partial charge < -0.3 is 4.90 Å². The molecule has 4 nitrogen and oxygen atoms in total. The number of nitrogens with zero attached hydrogens (tertiary/aromatic N) is 1. The molecule has 1 aromatic carbocycles. The number of hydrogen-bond acceptors (Lipinski definition) is 3. The average molecular weight is 316 g/mol. The molecule has 1 aliphatic heterocycles. The van der Waals surface area contributed by atoms with E-state index in [1.54, 1.807) is 17.9 Å². The molecule has 20 heavy (non-hydrogen) atoms. The van der Waals surface area contributed by atoms with Crippen LogP contribution in [0.1, 0.15) is 36.2 Å². The summed E-state index contributed by atoms with van der Waals surface area (Å²) in [6, 6.07) is 4.70. The molecule has 0 radical (unpaired) electrons. The Morgan fingerprint density at radius 1 is 1.30 bits per heavy atom. The van der Waals surface area contributed by atoms with E-state index in [0.717, 1.165) is 6.42 Å². The van der Waals surface area contributed by atoms with Crippen LogP contribution < -0.4 is 0 Å². The minimum atomic E-state index is -3.83. The van der Waals surface area contributed by atoms with Crippen molar-refractivity contribution in [1.82, 2.24) is 4.90 Å². The van der Waals surface area contributed by atoms with Crippen molar-refractivity contribution in [3.63, 3.8) is 0 Å². The zero-order valence-electron chi connectivity index (χ0n) is 11.8. The van der Waals surface area contributed by atoms with E-state index < -0.39 is 9.05 Å². The first-order chi connectivity index (χ1) is 9.18. The first kappa shape index (κ1) is 15.3. The fourth-order valence-corrected chi connectivity index (χ4v) is 3.62. The van der Waals surface area contributed by atoms with Crippen LogP contribution in [0.4, 0.5) is 0 Å². The Bertz CT molecular complexity index is 642. The lowest BCUT2D eigenvalue weighted by atomic mass is 10.1. The van der Waals surface area contributed by atoms with Gasteiger partial charge in [-0.15, -0.1) is 0 Å². The smallest absolute Gasteiger partial charge is 0.261 e. The summed E-state index contributed by atoms with van der Waals surface area (Å²) < 4.78 is 22.9. The van der Waals surface area contributed by atoms with E-state index in [9.17, 15) is 13.2 Å². The lowest BCUT2D eigenvalue weighted by Crippen LogP contribution is -2.34. The Kier molecular flexibility index (Phi) is 4.12. The average Bonchev–Trinajstić information content (AvgIpc) is 2.65. The van der Waals surface area contributed by atoms with Crippen LogP contribution in [0.25, 0.3) is 0 Å². The van der Waals surface area contributed by atoms with Crippen LogP contribution >= 0.6 is 10.7 Å². The van der Waals surface area contributed by atoms with Gasteiger partial charge >= 0.3 is 0 Å². The van der Waals surface area contributed by atoms with Gasteiger partial charge in [-0.25, -0.2) is 8.42 Å². The van der Waals surface area contributed by atoms with Gasteiger partial charge in [0.25, 0.3) is 15.0 Å². The molecule has 1 saturated heterocycles. The van der Waals surface area contributed by atoms with Crippen molar-refractivity contribution in [3.05, 3.63) is 29.3 Å². The molecule has 6 heteroatoms. The number of rotatable bonds is 2. The molecule has 0 aromatic heterocycles. The van der Waals surface area contributed by atoms with Crippen molar-refractivity contribution >= 4 is 25.6 Å². The van der Waals surface area contributed by atoms with E-state index in [-0.39, 0.29) is 16.8 Å². The van der Waals surface area contributed by atoms with Crippen molar-refractivity contribution in [3.8, 4) is 0 Å². The van der Waals surface area contributed by atoms with E-state index >= 15 is 0 Å². The van der Waals surface area contributed by atoms with Gasteiger partial charge in [-0.05, 0) is 49.9 Å². The number of halogens is 1. The molecule has 1 amide bonds. The number of likely N-dealkylation sites (tertiary alicyclic amines) is 1. The van der Waals surface area contributed by atoms with E-state index in [4.69, 9.17) is 10.7 Å². The third-order valence-electron chi connectivity index (χ3n) is 3.62. The lowest BCUT2D eigenvalue weighted by molar-refractivity contribution is 0.0743. The van der Waals surface area contributed by atoms with E-state index in [2.05, 4.69) is 6.92 Å². The molecule has 1 fully saturated rings. The van der Waals surface area contributed by atoms with E-state index in [1.807, 2.05) is 6.92 Å². The highest BCUT2D eigenvalue weighted by atomic mass is 35.7. The van der Waals surface area contributed by atoms with Crippen molar-refractivity contribution in [2.24, 2.45) is 5.92 Å². The number of hydrogen-bond donors (Lipinski definition) is 0. The molecule has 0 bridgehead atoms. The Balaban J connectivity index is 2.38. The summed E-state index contributed by atoms with van der Waals surface area (Å²) in [7, 11) is 1.54. The second-order valence-corrected chi connectivity index (χ2v) is 8.19. The highest BCUT2D eigenvalue weighted by Gasteiger charge is 2.31. The quantitative estimate of drug-likeness (QED) is 0.789. The first-order valence-corrected chi connectivity index (χ1v) is 8.86. The predicted octanol–water partition coefficient (Wildman–Crippen LogP) is 2.79. The van der Waals surface area contributed by atoms with Crippen LogP contribution in [0.5, 0.6) is 0 Å². The maximum atomic E-state index is 12.5. The normalized spacial score (nSPS) is 23.1. The van der Waals surface area contributed by atoms with Gasteiger partial charge in [0.1, 0.15) is 0 Å². The van der Waals surface area contributed by atoms with Crippen molar-refractivity contribution in [2.45, 2.75) is 38.1 Å². The Labute approximate surface area is 124 Å². The summed E-state index contributed by atoms with van der Waals surface area (Å²) in [4.78, 5) is 14.3. The third-order valence-corrected chi connectivity index (χ3v) is 4.96. The summed E-state index contributed by atoms with van der Waals surface area (Å²) in [5.41, 5.74) is 1.08. The van der Waals surface area contributed by atoms with Crippen LogP contribution in [-0.4, -0.2) is 31.8 Å². The molecule has 1 aromatic rings. The van der Waals surface area contributed by atoms with Gasteiger partial charge in [0.2, 0.25) is 0 Å². The number of amides is 1. The Morgan fingerprint density at radius 3 is 2.45 bits per heavy atom. The molecule has 2 rings (SSSR count). The highest BCUT2D eigenvalue weighted by Crippen LogP contribution is 2.26. The van der Waals surface area contributed by atoms with Crippen LogP contribution in [0, 0.1) is 12.8 Å².